The SMILES string of the molecule is C=CCCCC/C=C/C=C/CCC#N. The first-order chi connectivity index (χ1) is 6.91. The van der Waals surface area contributed by atoms with E-state index in [2.05, 4.69) is 24.8 Å². The molecule has 0 aliphatic rings. The van der Waals surface area contributed by atoms with Gasteiger partial charge in [0.1, 0.15) is 0 Å². The molecule has 1 nitrogen and oxygen atoms in total. The lowest BCUT2D eigenvalue weighted by Gasteiger charge is -1.90. The van der Waals surface area contributed by atoms with Gasteiger partial charge in [0.2, 0.25) is 0 Å². The van der Waals surface area contributed by atoms with Crippen LogP contribution < -0.4 is 0 Å². The van der Waals surface area contributed by atoms with Gasteiger partial charge >= 0.3 is 0 Å². The number of nitriles is 1. The maximum Gasteiger partial charge on any atom is 0.0625 e. The normalized spacial score (nSPS) is 10.8. The van der Waals surface area contributed by atoms with Gasteiger partial charge in [-0.15, -0.1) is 6.58 Å². The smallest absolute Gasteiger partial charge is 0.0625 e. The van der Waals surface area contributed by atoms with Gasteiger partial charge < -0.3 is 0 Å². The van der Waals surface area contributed by atoms with Gasteiger partial charge in [0.05, 0.1) is 6.07 Å². The third kappa shape index (κ3) is 10.7. The van der Waals surface area contributed by atoms with Crippen molar-refractivity contribution in [3.05, 3.63) is 37.0 Å². The molecule has 0 saturated carbocycles. The van der Waals surface area contributed by atoms with Crippen molar-refractivity contribution in [2.45, 2.75) is 38.5 Å². The number of nitrogens with zero attached hydrogens (tertiary/aromatic N) is 1. The van der Waals surface area contributed by atoms with Gasteiger partial charge in [0.25, 0.3) is 0 Å². The van der Waals surface area contributed by atoms with Gasteiger partial charge in [-0.25, -0.2) is 0 Å². The Kier molecular flexibility index (Phi) is 10.6. The van der Waals surface area contributed by atoms with E-state index in [4.69, 9.17) is 5.26 Å². The lowest BCUT2D eigenvalue weighted by molar-refractivity contribution is 0.763. The highest BCUT2D eigenvalue weighted by Gasteiger charge is 1.81. The fraction of sp³-hybridized carbons (Fsp3) is 0.462. The summed E-state index contributed by atoms with van der Waals surface area (Å²) in [4.78, 5) is 0. The van der Waals surface area contributed by atoms with Crippen LogP contribution in [0, 0.1) is 11.3 Å². The summed E-state index contributed by atoms with van der Waals surface area (Å²) in [5.74, 6) is 0. The molecule has 0 amide bonds. The third-order valence-electron chi connectivity index (χ3n) is 1.84. The van der Waals surface area contributed by atoms with Crippen LogP contribution in [-0.2, 0) is 0 Å². The summed E-state index contributed by atoms with van der Waals surface area (Å²) < 4.78 is 0. The standard InChI is InChI=1S/C13H19N/c1-2-3-4-5-6-7-8-9-10-11-12-13-14/h2,7-10H,1,3-6,11-12H2/b8-7+,10-9+. The Bertz CT molecular complexity index is 218. The van der Waals surface area contributed by atoms with Crippen molar-refractivity contribution < 1.29 is 0 Å². The summed E-state index contributed by atoms with van der Waals surface area (Å²) in [7, 11) is 0. The summed E-state index contributed by atoms with van der Waals surface area (Å²) >= 11 is 0. The zero-order valence-corrected chi connectivity index (χ0v) is 8.78. The number of allylic oxidation sites excluding steroid dienone is 5. The average molecular weight is 189 g/mol. The van der Waals surface area contributed by atoms with Crippen molar-refractivity contribution in [3.8, 4) is 6.07 Å². The Hall–Kier alpha value is -1.29. The minimum Gasteiger partial charge on any atom is -0.198 e. The lowest BCUT2D eigenvalue weighted by Crippen LogP contribution is -1.70. The number of hydrogen-bond donors (Lipinski definition) is 0. The second-order valence-corrected chi connectivity index (χ2v) is 3.13. The molecule has 0 aromatic carbocycles. The number of unbranched alkanes of at least 4 members (excludes halogenated alkanes) is 4. The van der Waals surface area contributed by atoms with Gasteiger partial charge in [-0.1, -0.05) is 30.4 Å². The highest BCUT2D eigenvalue weighted by atomic mass is 14.2. The van der Waals surface area contributed by atoms with Crippen molar-refractivity contribution >= 4 is 0 Å². The molecule has 0 heterocycles. The van der Waals surface area contributed by atoms with Crippen LogP contribution in [-0.4, -0.2) is 0 Å². The summed E-state index contributed by atoms with van der Waals surface area (Å²) in [6, 6.07) is 2.11. The van der Waals surface area contributed by atoms with Crippen molar-refractivity contribution in [2.75, 3.05) is 0 Å². The lowest BCUT2D eigenvalue weighted by atomic mass is 10.2. The Morgan fingerprint density at radius 3 is 2.29 bits per heavy atom. The summed E-state index contributed by atoms with van der Waals surface area (Å²) in [5, 5.41) is 8.28. The van der Waals surface area contributed by atoms with Crippen LogP contribution in [0.5, 0.6) is 0 Å². The molecule has 0 bridgehead atoms. The average Bonchev–Trinajstić information content (AvgIpc) is 2.21. The molecule has 76 valence electrons. The van der Waals surface area contributed by atoms with Crippen molar-refractivity contribution in [2.24, 2.45) is 0 Å². The van der Waals surface area contributed by atoms with E-state index in [1.54, 1.807) is 0 Å². The fourth-order valence-electron chi connectivity index (χ4n) is 1.05. The Labute approximate surface area is 87.4 Å². The van der Waals surface area contributed by atoms with E-state index in [9.17, 15) is 0 Å². The first kappa shape index (κ1) is 12.7. The third-order valence-corrected chi connectivity index (χ3v) is 1.84. The highest BCUT2D eigenvalue weighted by Crippen LogP contribution is 2.00. The molecular formula is C13H19N. The molecule has 1 heteroatoms. The quantitative estimate of drug-likeness (QED) is 0.319. The van der Waals surface area contributed by atoms with E-state index < -0.39 is 0 Å². The monoisotopic (exact) mass is 189 g/mol. The Morgan fingerprint density at radius 2 is 1.64 bits per heavy atom. The van der Waals surface area contributed by atoms with Crippen LogP contribution in [0.1, 0.15) is 38.5 Å². The first-order valence-corrected chi connectivity index (χ1v) is 5.21. The molecule has 0 unspecified atom stereocenters. The summed E-state index contributed by atoms with van der Waals surface area (Å²) in [6.07, 6.45) is 16.4. The van der Waals surface area contributed by atoms with E-state index in [1.807, 2.05) is 18.2 Å². The molecule has 14 heavy (non-hydrogen) atoms. The van der Waals surface area contributed by atoms with Crippen LogP contribution in [0.25, 0.3) is 0 Å². The number of hydrogen-bond acceptors (Lipinski definition) is 1. The van der Waals surface area contributed by atoms with Gasteiger partial charge in [0, 0.05) is 6.42 Å². The first-order valence-electron chi connectivity index (χ1n) is 5.21. The zero-order chi connectivity index (χ0) is 10.5. The molecule has 0 radical (unpaired) electrons. The molecule has 0 atom stereocenters. The molecule has 0 spiro atoms. The van der Waals surface area contributed by atoms with Crippen LogP contribution in [0.2, 0.25) is 0 Å². The molecular weight excluding hydrogens is 170 g/mol. The van der Waals surface area contributed by atoms with Crippen molar-refractivity contribution in [1.82, 2.24) is 0 Å². The molecule has 0 rings (SSSR count). The molecule has 0 saturated heterocycles. The van der Waals surface area contributed by atoms with E-state index in [0.29, 0.717) is 6.42 Å². The van der Waals surface area contributed by atoms with Gasteiger partial charge in [-0.05, 0) is 32.1 Å². The predicted molar refractivity (Wildman–Crippen MR) is 61.8 cm³/mol. The van der Waals surface area contributed by atoms with E-state index >= 15 is 0 Å². The maximum absolute atomic E-state index is 8.28. The maximum atomic E-state index is 8.28. The van der Waals surface area contributed by atoms with E-state index in [0.717, 1.165) is 19.3 Å². The summed E-state index contributed by atoms with van der Waals surface area (Å²) in [6.45, 7) is 3.68. The minimum absolute atomic E-state index is 0.615. The molecule has 0 N–H and O–H groups in total. The molecule has 0 aromatic heterocycles. The largest absolute Gasteiger partial charge is 0.198 e. The van der Waals surface area contributed by atoms with Gasteiger partial charge in [0.15, 0.2) is 0 Å². The fourth-order valence-corrected chi connectivity index (χ4v) is 1.05. The van der Waals surface area contributed by atoms with E-state index in [-0.39, 0.29) is 0 Å². The predicted octanol–water partition coefficient (Wildman–Crippen LogP) is 4.15. The second kappa shape index (κ2) is 11.7. The van der Waals surface area contributed by atoms with Crippen LogP contribution in [0.4, 0.5) is 0 Å². The van der Waals surface area contributed by atoms with Crippen LogP contribution >= 0.6 is 0 Å². The van der Waals surface area contributed by atoms with Crippen molar-refractivity contribution in [3.63, 3.8) is 0 Å². The zero-order valence-electron chi connectivity index (χ0n) is 8.78. The van der Waals surface area contributed by atoms with Gasteiger partial charge in [-0.3, -0.25) is 0 Å². The highest BCUT2D eigenvalue weighted by molar-refractivity contribution is 5.02. The van der Waals surface area contributed by atoms with Crippen molar-refractivity contribution in [1.29, 1.82) is 5.26 Å². The van der Waals surface area contributed by atoms with Crippen LogP contribution in [0.3, 0.4) is 0 Å². The van der Waals surface area contributed by atoms with Crippen LogP contribution in [0.15, 0.2) is 37.0 Å². The number of rotatable bonds is 8. The Balaban J connectivity index is 3.22. The van der Waals surface area contributed by atoms with E-state index in [1.165, 1.54) is 12.8 Å². The second-order valence-electron chi connectivity index (χ2n) is 3.13. The Morgan fingerprint density at radius 1 is 1.00 bits per heavy atom. The molecule has 0 aromatic rings. The summed E-state index contributed by atoms with van der Waals surface area (Å²) in [5.41, 5.74) is 0. The molecule has 0 fully saturated rings. The topological polar surface area (TPSA) is 23.8 Å². The molecule has 0 aliphatic heterocycles. The van der Waals surface area contributed by atoms with Gasteiger partial charge in [-0.2, -0.15) is 5.26 Å². The molecule has 0 aliphatic carbocycles. The minimum atomic E-state index is 0.615.